The minimum atomic E-state index is -0.317. The molecule has 0 aliphatic carbocycles. The Bertz CT molecular complexity index is 1320. The normalized spacial score (nSPS) is 13.3. The summed E-state index contributed by atoms with van der Waals surface area (Å²) in [6, 6.07) is 19.7. The minimum absolute atomic E-state index is 0.0888. The molecule has 5 rings (SSSR count). The predicted octanol–water partition coefficient (Wildman–Crippen LogP) is 5.41. The third-order valence-electron chi connectivity index (χ3n) is 5.56. The Balaban J connectivity index is 1.61. The molecule has 0 unspecified atom stereocenters. The van der Waals surface area contributed by atoms with Crippen LogP contribution in [-0.4, -0.2) is 20.9 Å². The van der Waals surface area contributed by atoms with Gasteiger partial charge in [-0.05, 0) is 40.5 Å². The first-order valence-corrected chi connectivity index (χ1v) is 10.0. The second-order valence-corrected chi connectivity index (χ2v) is 7.55. The van der Waals surface area contributed by atoms with Crippen molar-refractivity contribution in [3.8, 4) is 5.75 Å². The summed E-state index contributed by atoms with van der Waals surface area (Å²) in [5, 5.41) is 11.7. The average Bonchev–Trinajstić information content (AvgIpc) is 3.12. The summed E-state index contributed by atoms with van der Waals surface area (Å²) >= 11 is 0. The molecule has 4 nitrogen and oxygen atoms in total. The predicted molar refractivity (Wildman–Crippen MR) is 119 cm³/mol. The van der Waals surface area contributed by atoms with E-state index >= 15 is 0 Å². The van der Waals surface area contributed by atoms with E-state index in [2.05, 4.69) is 4.98 Å². The molecule has 5 heteroatoms. The van der Waals surface area contributed by atoms with Crippen molar-refractivity contribution in [1.82, 2.24) is 9.88 Å². The molecule has 0 radical (unpaired) electrons. The lowest BCUT2D eigenvalue weighted by molar-refractivity contribution is 0.0764. The Morgan fingerprint density at radius 2 is 1.77 bits per heavy atom. The molecular weight excluding hydrogens is 391 g/mol. The Hall–Kier alpha value is -3.99. The van der Waals surface area contributed by atoms with Gasteiger partial charge in [0.05, 0.1) is 5.56 Å². The number of aromatic hydroxyl groups is 1. The zero-order valence-corrected chi connectivity index (χ0v) is 16.6. The fourth-order valence-electron chi connectivity index (χ4n) is 4.06. The number of pyridine rings is 1. The number of carbonyl (C=O) groups excluding carboxylic acids is 1. The molecule has 0 bridgehead atoms. The highest BCUT2D eigenvalue weighted by atomic mass is 19.1. The van der Waals surface area contributed by atoms with Crippen LogP contribution < -0.4 is 0 Å². The van der Waals surface area contributed by atoms with E-state index in [-0.39, 0.29) is 17.5 Å². The van der Waals surface area contributed by atoms with Gasteiger partial charge >= 0.3 is 0 Å². The topological polar surface area (TPSA) is 53.4 Å². The fraction of sp³-hybridized carbons (Fsp3) is 0.0769. The van der Waals surface area contributed by atoms with Crippen molar-refractivity contribution in [3.63, 3.8) is 0 Å². The van der Waals surface area contributed by atoms with Crippen molar-refractivity contribution in [2.75, 3.05) is 0 Å². The number of amides is 1. The maximum absolute atomic E-state index is 13.3. The first kappa shape index (κ1) is 19.0. The van der Waals surface area contributed by atoms with Gasteiger partial charge in [0.25, 0.3) is 5.91 Å². The number of hydrogen-bond donors (Lipinski definition) is 1. The molecular formula is C26H19FN2O2. The van der Waals surface area contributed by atoms with Gasteiger partial charge in [-0.1, -0.05) is 60.7 Å². The molecule has 4 aromatic rings. The third kappa shape index (κ3) is 3.44. The monoisotopic (exact) mass is 410 g/mol. The van der Waals surface area contributed by atoms with Crippen LogP contribution in [-0.2, 0) is 13.1 Å². The second kappa shape index (κ2) is 7.69. The van der Waals surface area contributed by atoms with Gasteiger partial charge in [-0.25, -0.2) is 4.39 Å². The van der Waals surface area contributed by atoms with Crippen molar-refractivity contribution in [1.29, 1.82) is 0 Å². The van der Waals surface area contributed by atoms with Crippen LogP contribution in [0.4, 0.5) is 4.39 Å². The summed E-state index contributed by atoms with van der Waals surface area (Å²) in [5.41, 5.74) is 4.21. The van der Waals surface area contributed by atoms with Crippen LogP contribution in [0.25, 0.3) is 23.1 Å². The van der Waals surface area contributed by atoms with Crippen molar-refractivity contribution >= 4 is 29.0 Å². The number of halogens is 1. The zero-order valence-electron chi connectivity index (χ0n) is 16.6. The SMILES string of the molecule is O=C1c2c(c(/C=C/c3ccccc3)c3cccnc3c2O)CN1Cc1ccc(F)cc1. The van der Waals surface area contributed by atoms with E-state index in [1.165, 1.54) is 12.1 Å². The van der Waals surface area contributed by atoms with Crippen molar-refractivity contribution < 1.29 is 14.3 Å². The zero-order chi connectivity index (χ0) is 21.4. The van der Waals surface area contributed by atoms with E-state index in [1.54, 1.807) is 23.2 Å². The van der Waals surface area contributed by atoms with E-state index < -0.39 is 0 Å². The van der Waals surface area contributed by atoms with Crippen LogP contribution in [0.3, 0.4) is 0 Å². The molecule has 2 heterocycles. The lowest BCUT2D eigenvalue weighted by atomic mass is 9.96. The van der Waals surface area contributed by atoms with Crippen LogP contribution in [0.15, 0.2) is 72.9 Å². The van der Waals surface area contributed by atoms with Crippen molar-refractivity contribution in [2.24, 2.45) is 0 Å². The summed E-state index contributed by atoms with van der Waals surface area (Å²) in [6.45, 7) is 0.692. The van der Waals surface area contributed by atoms with Crippen molar-refractivity contribution in [2.45, 2.75) is 13.1 Å². The molecule has 31 heavy (non-hydrogen) atoms. The quantitative estimate of drug-likeness (QED) is 0.458. The molecule has 1 aromatic heterocycles. The summed E-state index contributed by atoms with van der Waals surface area (Å²) in [6.07, 6.45) is 5.58. The number of benzene rings is 3. The summed E-state index contributed by atoms with van der Waals surface area (Å²) in [7, 11) is 0. The van der Waals surface area contributed by atoms with E-state index in [4.69, 9.17) is 0 Å². The Morgan fingerprint density at radius 3 is 2.55 bits per heavy atom. The van der Waals surface area contributed by atoms with E-state index in [0.717, 1.165) is 27.6 Å². The highest BCUT2D eigenvalue weighted by molar-refractivity contribution is 6.09. The molecule has 0 fully saturated rings. The highest BCUT2D eigenvalue weighted by Crippen LogP contribution is 2.40. The molecule has 0 saturated heterocycles. The smallest absolute Gasteiger partial charge is 0.258 e. The van der Waals surface area contributed by atoms with Crippen LogP contribution >= 0.6 is 0 Å². The van der Waals surface area contributed by atoms with Gasteiger partial charge in [0, 0.05) is 24.7 Å². The molecule has 0 saturated carbocycles. The number of fused-ring (bicyclic) bond motifs is 2. The van der Waals surface area contributed by atoms with Gasteiger partial charge < -0.3 is 10.0 Å². The van der Waals surface area contributed by atoms with Gasteiger partial charge in [0.15, 0.2) is 5.75 Å². The largest absolute Gasteiger partial charge is 0.505 e. The van der Waals surface area contributed by atoms with E-state index in [9.17, 15) is 14.3 Å². The molecule has 0 atom stereocenters. The average molecular weight is 410 g/mol. The van der Waals surface area contributed by atoms with Crippen molar-refractivity contribution in [3.05, 3.63) is 107 Å². The molecule has 1 amide bonds. The lowest BCUT2D eigenvalue weighted by Crippen LogP contribution is -2.23. The summed E-state index contributed by atoms with van der Waals surface area (Å²) < 4.78 is 13.3. The van der Waals surface area contributed by atoms with Crippen LogP contribution in [0, 0.1) is 5.82 Å². The lowest BCUT2D eigenvalue weighted by Gasteiger charge is -2.15. The van der Waals surface area contributed by atoms with Crippen LogP contribution in [0.2, 0.25) is 0 Å². The third-order valence-corrected chi connectivity index (χ3v) is 5.56. The van der Waals surface area contributed by atoms with Gasteiger partial charge in [-0.2, -0.15) is 0 Å². The number of nitrogens with zero attached hydrogens (tertiary/aromatic N) is 2. The minimum Gasteiger partial charge on any atom is -0.505 e. The summed E-state index contributed by atoms with van der Waals surface area (Å²) in [4.78, 5) is 19.2. The molecule has 1 aliphatic heterocycles. The van der Waals surface area contributed by atoms with Gasteiger partial charge in [0.1, 0.15) is 11.3 Å². The molecule has 3 aromatic carbocycles. The molecule has 152 valence electrons. The first-order valence-electron chi connectivity index (χ1n) is 10.0. The Morgan fingerprint density at radius 1 is 1.00 bits per heavy atom. The second-order valence-electron chi connectivity index (χ2n) is 7.55. The highest BCUT2D eigenvalue weighted by Gasteiger charge is 2.34. The Labute approximate surface area is 178 Å². The first-order chi connectivity index (χ1) is 15.1. The van der Waals surface area contributed by atoms with Crippen LogP contribution in [0.1, 0.15) is 32.6 Å². The number of aromatic nitrogens is 1. The number of rotatable bonds is 4. The number of phenols is 1. The maximum Gasteiger partial charge on any atom is 0.258 e. The molecule has 0 spiro atoms. The van der Waals surface area contributed by atoms with Gasteiger partial charge in [0.2, 0.25) is 0 Å². The maximum atomic E-state index is 13.3. The van der Waals surface area contributed by atoms with Crippen LogP contribution in [0.5, 0.6) is 5.75 Å². The van der Waals surface area contributed by atoms with E-state index in [1.807, 2.05) is 54.6 Å². The Kier molecular flexibility index (Phi) is 4.71. The fourth-order valence-corrected chi connectivity index (χ4v) is 4.06. The number of carbonyl (C=O) groups is 1. The standard InChI is InChI=1S/C26H19FN2O2/c27-19-11-8-18(9-12-19)15-29-16-22-20(13-10-17-5-2-1-3-6-17)21-7-4-14-28-24(21)25(30)23(22)26(29)31/h1-14,30H,15-16H2/b13-10+. The molecule has 1 N–H and O–H groups in total. The van der Waals surface area contributed by atoms with E-state index in [0.29, 0.717) is 24.2 Å². The van der Waals surface area contributed by atoms with Gasteiger partial charge in [-0.15, -0.1) is 0 Å². The summed E-state index contributed by atoms with van der Waals surface area (Å²) in [5.74, 6) is -0.657. The number of hydrogen-bond acceptors (Lipinski definition) is 3. The van der Waals surface area contributed by atoms with Gasteiger partial charge in [-0.3, -0.25) is 9.78 Å². The molecule has 1 aliphatic rings. The number of phenolic OH excluding ortho intramolecular Hbond substituents is 1.